The normalized spacial score (nSPS) is 16.7. The van der Waals surface area contributed by atoms with Crippen molar-refractivity contribution in [1.29, 1.82) is 0 Å². The summed E-state index contributed by atoms with van der Waals surface area (Å²) >= 11 is 11.9. The molecule has 6 heteroatoms. The fourth-order valence-corrected chi connectivity index (χ4v) is 3.55. The van der Waals surface area contributed by atoms with Crippen LogP contribution in [-0.2, 0) is 11.3 Å². The largest absolute Gasteiger partial charge is 0.385 e. The van der Waals surface area contributed by atoms with Crippen molar-refractivity contribution in [2.24, 2.45) is 0 Å². The van der Waals surface area contributed by atoms with Crippen LogP contribution in [0.15, 0.2) is 48.5 Å². The molecule has 2 aromatic rings. The zero-order valence-corrected chi connectivity index (χ0v) is 16.2. The summed E-state index contributed by atoms with van der Waals surface area (Å²) in [6, 6.07) is 15.6. The van der Waals surface area contributed by atoms with E-state index in [1.165, 1.54) is 10.6 Å². The van der Waals surface area contributed by atoms with Crippen LogP contribution in [0.1, 0.15) is 5.56 Å². The van der Waals surface area contributed by atoms with E-state index in [4.69, 9.17) is 27.9 Å². The molecule has 1 aliphatic rings. The lowest BCUT2D eigenvalue weighted by atomic mass is 10.2. The standard InChI is InChI=1S/C20H24Cl2N2O2/c21-17-6-4-16(5-7-17)14-26-15-20(25)13-23-8-10-24(11-9-23)19-3-1-2-18(22)12-19/h1-7,12,20,25H,8-11,13-15H2/p+1/t20-/m1/s1. The van der Waals surface area contributed by atoms with Crippen molar-refractivity contribution in [2.45, 2.75) is 12.7 Å². The molecule has 0 aliphatic carbocycles. The Morgan fingerprint density at radius 2 is 1.77 bits per heavy atom. The second-order valence-corrected chi connectivity index (χ2v) is 7.59. The van der Waals surface area contributed by atoms with Gasteiger partial charge in [-0.15, -0.1) is 0 Å². The molecule has 0 unspecified atom stereocenters. The van der Waals surface area contributed by atoms with Gasteiger partial charge in [0.05, 0.1) is 39.4 Å². The molecule has 1 heterocycles. The molecule has 0 aromatic heterocycles. The quantitative estimate of drug-likeness (QED) is 0.754. The lowest BCUT2D eigenvalue weighted by Crippen LogP contribution is -3.16. The highest BCUT2D eigenvalue weighted by Gasteiger charge is 2.22. The zero-order chi connectivity index (χ0) is 18.4. The van der Waals surface area contributed by atoms with E-state index in [1.54, 1.807) is 0 Å². The molecule has 3 rings (SSSR count). The maximum absolute atomic E-state index is 10.2. The average Bonchev–Trinajstić information content (AvgIpc) is 2.64. The Balaban J connectivity index is 1.36. The highest BCUT2D eigenvalue weighted by atomic mass is 35.5. The molecule has 1 atom stereocenters. The fraction of sp³-hybridized carbons (Fsp3) is 0.400. The van der Waals surface area contributed by atoms with Crippen molar-refractivity contribution in [3.05, 3.63) is 64.1 Å². The molecule has 2 aromatic carbocycles. The van der Waals surface area contributed by atoms with E-state index in [-0.39, 0.29) is 0 Å². The van der Waals surface area contributed by atoms with Gasteiger partial charge in [-0.25, -0.2) is 0 Å². The van der Waals surface area contributed by atoms with Gasteiger partial charge in [0.2, 0.25) is 0 Å². The van der Waals surface area contributed by atoms with Crippen LogP contribution in [0.2, 0.25) is 10.0 Å². The number of aliphatic hydroxyl groups excluding tert-OH is 1. The molecule has 0 amide bonds. The van der Waals surface area contributed by atoms with Gasteiger partial charge in [0.25, 0.3) is 0 Å². The first-order valence-electron chi connectivity index (χ1n) is 8.94. The van der Waals surface area contributed by atoms with Crippen molar-refractivity contribution in [3.8, 4) is 0 Å². The molecule has 0 saturated carbocycles. The Hall–Kier alpha value is -1.30. The molecule has 1 fully saturated rings. The number of nitrogens with zero attached hydrogens (tertiary/aromatic N) is 1. The van der Waals surface area contributed by atoms with Crippen molar-refractivity contribution in [2.75, 3.05) is 44.2 Å². The summed E-state index contributed by atoms with van der Waals surface area (Å²) in [5, 5.41) is 11.7. The number of benzene rings is 2. The summed E-state index contributed by atoms with van der Waals surface area (Å²) in [5.41, 5.74) is 2.23. The third-order valence-corrected chi connectivity index (χ3v) is 5.15. The zero-order valence-electron chi connectivity index (χ0n) is 14.7. The van der Waals surface area contributed by atoms with Crippen molar-refractivity contribution < 1.29 is 14.7 Å². The number of hydrogen-bond acceptors (Lipinski definition) is 3. The highest BCUT2D eigenvalue weighted by molar-refractivity contribution is 6.31. The fourth-order valence-electron chi connectivity index (χ4n) is 3.24. The third kappa shape index (κ3) is 5.86. The van der Waals surface area contributed by atoms with Crippen LogP contribution >= 0.6 is 23.2 Å². The van der Waals surface area contributed by atoms with E-state index in [1.807, 2.05) is 42.5 Å². The molecular formula is C20H25Cl2N2O2+. The number of nitrogens with one attached hydrogen (secondary N) is 1. The highest BCUT2D eigenvalue weighted by Crippen LogP contribution is 2.19. The topological polar surface area (TPSA) is 37.1 Å². The first-order valence-corrected chi connectivity index (χ1v) is 9.70. The molecule has 1 aliphatic heterocycles. The minimum absolute atomic E-state index is 0.351. The van der Waals surface area contributed by atoms with Gasteiger partial charge in [-0.2, -0.15) is 0 Å². The van der Waals surface area contributed by atoms with E-state index in [2.05, 4.69) is 11.0 Å². The first kappa shape index (κ1) is 19.5. The van der Waals surface area contributed by atoms with Gasteiger partial charge in [0, 0.05) is 15.7 Å². The van der Waals surface area contributed by atoms with Crippen molar-refractivity contribution in [3.63, 3.8) is 0 Å². The van der Waals surface area contributed by atoms with Crippen LogP contribution in [0.25, 0.3) is 0 Å². The number of halogens is 2. The summed E-state index contributed by atoms with van der Waals surface area (Å²) in [6.07, 6.45) is -0.449. The molecule has 26 heavy (non-hydrogen) atoms. The van der Waals surface area contributed by atoms with Gasteiger partial charge in [-0.1, -0.05) is 41.4 Å². The summed E-state index contributed by atoms with van der Waals surface area (Å²) in [4.78, 5) is 3.75. The lowest BCUT2D eigenvalue weighted by Gasteiger charge is -2.34. The number of anilines is 1. The Morgan fingerprint density at radius 1 is 1.04 bits per heavy atom. The number of rotatable bonds is 7. The molecular weight excluding hydrogens is 371 g/mol. The van der Waals surface area contributed by atoms with Crippen LogP contribution in [0, 0.1) is 0 Å². The van der Waals surface area contributed by atoms with Crippen LogP contribution in [0.5, 0.6) is 0 Å². The van der Waals surface area contributed by atoms with Gasteiger partial charge in [0.15, 0.2) is 0 Å². The number of piperazine rings is 1. The number of ether oxygens (including phenoxy) is 1. The second-order valence-electron chi connectivity index (χ2n) is 6.72. The molecule has 0 bridgehead atoms. The van der Waals surface area contributed by atoms with Gasteiger partial charge in [-0.05, 0) is 35.9 Å². The molecule has 0 radical (unpaired) electrons. The molecule has 0 spiro atoms. The SMILES string of the molecule is O[C@@H](COCc1ccc(Cl)cc1)C[NH+]1CCN(c2cccc(Cl)c2)CC1. The minimum atomic E-state index is -0.449. The average molecular weight is 396 g/mol. The third-order valence-electron chi connectivity index (χ3n) is 4.66. The Labute approximate surface area is 164 Å². The smallest absolute Gasteiger partial charge is 0.126 e. The summed E-state index contributed by atoms with van der Waals surface area (Å²) in [7, 11) is 0. The minimum Gasteiger partial charge on any atom is -0.385 e. The van der Waals surface area contributed by atoms with Crippen molar-refractivity contribution in [1.82, 2.24) is 0 Å². The predicted molar refractivity (Wildman–Crippen MR) is 106 cm³/mol. The lowest BCUT2D eigenvalue weighted by molar-refractivity contribution is -0.903. The molecule has 1 saturated heterocycles. The van der Waals surface area contributed by atoms with E-state index >= 15 is 0 Å². The Kier molecular flexibility index (Phi) is 7.17. The molecule has 140 valence electrons. The van der Waals surface area contributed by atoms with Crippen molar-refractivity contribution >= 4 is 28.9 Å². The predicted octanol–water partition coefficient (Wildman–Crippen LogP) is 2.28. The number of aliphatic hydroxyl groups is 1. The van der Waals surface area contributed by atoms with Crippen LogP contribution < -0.4 is 9.80 Å². The summed E-state index contributed by atoms with van der Waals surface area (Å²) in [6.45, 7) is 5.49. The van der Waals surface area contributed by atoms with E-state index in [9.17, 15) is 5.11 Å². The number of hydrogen-bond donors (Lipinski definition) is 2. The molecule has 2 N–H and O–H groups in total. The molecule has 4 nitrogen and oxygen atoms in total. The van der Waals surface area contributed by atoms with Crippen LogP contribution in [-0.4, -0.2) is 50.5 Å². The van der Waals surface area contributed by atoms with E-state index in [0.29, 0.717) is 24.8 Å². The Bertz CT molecular complexity index is 688. The summed E-state index contributed by atoms with van der Waals surface area (Å²) < 4.78 is 5.64. The Morgan fingerprint density at radius 3 is 2.46 bits per heavy atom. The second kappa shape index (κ2) is 9.58. The van der Waals surface area contributed by atoms with Gasteiger partial charge in [-0.3, -0.25) is 0 Å². The van der Waals surface area contributed by atoms with Crippen LogP contribution in [0.4, 0.5) is 5.69 Å². The number of quaternary nitrogens is 1. The van der Waals surface area contributed by atoms with E-state index in [0.717, 1.165) is 36.8 Å². The summed E-state index contributed by atoms with van der Waals surface area (Å²) in [5.74, 6) is 0. The van der Waals surface area contributed by atoms with Gasteiger partial charge >= 0.3 is 0 Å². The van der Waals surface area contributed by atoms with Crippen LogP contribution in [0.3, 0.4) is 0 Å². The van der Waals surface area contributed by atoms with Gasteiger partial charge < -0.3 is 19.6 Å². The maximum atomic E-state index is 10.2. The van der Waals surface area contributed by atoms with Gasteiger partial charge in [0.1, 0.15) is 12.6 Å². The monoisotopic (exact) mass is 395 g/mol. The maximum Gasteiger partial charge on any atom is 0.126 e. The first-order chi connectivity index (χ1) is 12.6. The van der Waals surface area contributed by atoms with E-state index < -0.39 is 6.10 Å².